The maximum absolute atomic E-state index is 13.2. The molecule has 4 unspecified atom stereocenters. The van der Waals surface area contributed by atoms with Crippen molar-refractivity contribution in [2.45, 2.75) is 56.8 Å². The molecule has 2 amide bonds. The van der Waals surface area contributed by atoms with Gasteiger partial charge < -0.3 is 34.6 Å². The van der Waals surface area contributed by atoms with Gasteiger partial charge in [-0.15, -0.1) is 0 Å². The van der Waals surface area contributed by atoms with Crippen LogP contribution in [0.3, 0.4) is 0 Å². The molecular weight excluding hydrogens is 468 g/mol. The van der Waals surface area contributed by atoms with Crippen LogP contribution >= 0.6 is 0 Å². The first-order valence-electron chi connectivity index (χ1n) is 12.3. The van der Waals surface area contributed by atoms with Gasteiger partial charge in [-0.1, -0.05) is 26.2 Å². The third-order valence-corrected chi connectivity index (χ3v) is 6.61. The molecule has 1 aromatic rings. The van der Waals surface area contributed by atoms with Crippen LogP contribution in [0.15, 0.2) is 23.8 Å². The number of carbonyl (C=O) groups is 3. The van der Waals surface area contributed by atoms with Crippen molar-refractivity contribution >= 4 is 18.1 Å². The van der Waals surface area contributed by atoms with Crippen molar-refractivity contribution in [2.75, 3.05) is 40.5 Å². The summed E-state index contributed by atoms with van der Waals surface area (Å²) < 4.78 is 16.7. The molecule has 1 aliphatic heterocycles. The number of aliphatic hydroxyl groups excluding tert-OH is 2. The van der Waals surface area contributed by atoms with Crippen LogP contribution in [0.4, 0.5) is 0 Å². The molecule has 36 heavy (non-hydrogen) atoms. The van der Waals surface area contributed by atoms with E-state index in [1.807, 2.05) is 0 Å². The fourth-order valence-corrected chi connectivity index (χ4v) is 4.91. The zero-order valence-electron chi connectivity index (χ0n) is 21.1. The Hall–Kier alpha value is -2.95. The highest BCUT2D eigenvalue weighted by Gasteiger charge is 2.51. The lowest BCUT2D eigenvalue weighted by Crippen LogP contribution is -2.56. The molecule has 0 saturated heterocycles. The summed E-state index contributed by atoms with van der Waals surface area (Å²) in [5.41, 5.74) is 1.17. The molecule has 1 aliphatic carbocycles. The minimum Gasteiger partial charge on any atom is -0.493 e. The molecule has 3 N–H and O–H groups in total. The van der Waals surface area contributed by atoms with Crippen LogP contribution in [0.5, 0.6) is 11.5 Å². The number of hydrogen-bond acceptors (Lipinski definition) is 8. The fourth-order valence-electron chi connectivity index (χ4n) is 4.91. The van der Waals surface area contributed by atoms with Gasteiger partial charge >= 0.3 is 0 Å². The lowest BCUT2D eigenvalue weighted by Gasteiger charge is -2.40. The number of methoxy groups -OCH3 is 2. The predicted molar refractivity (Wildman–Crippen MR) is 131 cm³/mol. The summed E-state index contributed by atoms with van der Waals surface area (Å²) in [6.07, 6.45) is 3.93. The zero-order valence-corrected chi connectivity index (χ0v) is 21.1. The van der Waals surface area contributed by atoms with Crippen molar-refractivity contribution in [1.82, 2.24) is 10.2 Å². The number of fused-ring (bicyclic) bond motifs is 3. The van der Waals surface area contributed by atoms with Crippen molar-refractivity contribution in [3.05, 3.63) is 34.9 Å². The summed E-state index contributed by atoms with van der Waals surface area (Å²) in [7, 11) is 2.87. The number of amides is 2. The number of benzene rings is 1. The van der Waals surface area contributed by atoms with Crippen LogP contribution in [0.1, 0.15) is 54.4 Å². The number of aliphatic hydroxyl groups is 2. The zero-order chi connectivity index (χ0) is 26.2. The van der Waals surface area contributed by atoms with Crippen molar-refractivity contribution < 1.29 is 38.8 Å². The SMILES string of the molecule is CCCCCCN(C(=O)COC)C1C=C(C(=O)NCCO)C2c3cc(C=O)cc(OC)c3OC2C1O. The summed E-state index contributed by atoms with van der Waals surface area (Å²) in [5, 5.41) is 23.4. The highest BCUT2D eigenvalue weighted by atomic mass is 16.5. The van der Waals surface area contributed by atoms with E-state index in [4.69, 9.17) is 14.2 Å². The Morgan fingerprint density at radius 3 is 2.64 bits per heavy atom. The molecule has 3 rings (SSSR count). The Bertz CT molecular complexity index is 979. The van der Waals surface area contributed by atoms with Gasteiger partial charge in [-0.2, -0.15) is 0 Å². The standard InChI is InChI=1S/C26H36N2O8/c1-4-5-6-7-9-28(21(31)15-34-2)19-13-18(26(33)27-8-10-29)22-17-11-16(14-30)12-20(35-3)24(17)36-25(22)23(19)32/h11-14,19,22-23,25,29,32H,4-10,15H2,1-3H3,(H,27,33). The Kier molecular flexibility index (Phi) is 9.86. The minimum absolute atomic E-state index is 0.0372. The molecule has 1 heterocycles. The molecule has 0 saturated carbocycles. The number of unbranched alkanes of at least 4 members (excludes halogenated alkanes) is 3. The van der Waals surface area contributed by atoms with E-state index in [1.54, 1.807) is 17.0 Å². The second kappa shape index (κ2) is 12.8. The molecule has 1 aromatic carbocycles. The van der Waals surface area contributed by atoms with Crippen LogP contribution in [0.2, 0.25) is 0 Å². The minimum atomic E-state index is -1.16. The summed E-state index contributed by atoms with van der Waals surface area (Å²) >= 11 is 0. The van der Waals surface area contributed by atoms with E-state index in [-0.39, 0.29) is 31.2 Å². The third kappa shape index (κ3) is 5.71. The largest absolute Gasteiger partial charge is 0.493 e. The average molecular weight is 505 g/mol. The molecule has 0 fully saturated rings. The Morgan fingerprint density at radius 2 is 2.00 bits per heavy atom. The molecule has 0 aromatic heterocycles. The predicted octanol–water partition coefficient (Wildman–Crippen LogP) is 1.19. The van der Waals surface area contributed by atoms with Crippen molar-refractivity contribution in [3.63, 3.8) is 0 Å². The second-order valence-corrected chi connectivity index (χ2v) is 8.98. The number of hydrogen-bond donors (Lipinski definition) is 3. The van der Waals surface area contributed by atoms with Crippen molar-refractivity contribution in [2.24, 2.45) is 0 Å². The Labute approximate surface area is 211 Å². The molecule has 198 valence electrons. The Balaban J connectivity index is 2.07. The van der Waals surface area contributed by atoms with E-state index in [1.165, 1.54) is 20.3 Å². The molecular formula is C26H36N2O8. The van der Waals surface area contributed by atoms with Gasteiger partial charge in [0.25, 0.3) is 0 Å². The van der Waals surface area contributed by atoms with E-state index in [0.29, 0.717) is 35.5 Å². The van der Waals surface area contributed by atoms with Gasteiger partial charge in [0.15, 0.2) is 11.5 Å². The first-order valence-corrected chi connectivity index (χ1v) is 12.3. The number of nitrogens with one attached hydrogen (secondary N) is 1. The summed E-state index contributed by atoms with van der Waals surface area (Å²) in [4.78, 5) is 39.4. The normalized spacial score (nSPS) is 22.1. The van der Waals surface area contributed by atoms with E-state index in [2.05, 4.69) is 12.2 Å². The maximum atomic E-state index is 13.2. The summed E-state index contributed by atoms with van der Waals surface area (Å²) in [5.74, 6) is -0.795. The lowest BCUT2D eigenvalue weighted by atomic mass is 9.77. The summed E-state index contributed by atoms with van der Waals surface area (Å²) in [6.45, 7) is 2.11. The average Bonchev–Trinajstić information content (AvgIpc) is 3.27. The molecule has 0 spiro atoms. The van der Waals surface area contributed by atoms with Gasteiger partial charge in [0.2, 0.25) is 11.8 Å². The first-order chi connectivity index (χ1) is 17.4. The number of nitrogens with zero attached hydrogens (tertiary/aromatic N) is 1. The van der Waals surface area contributed by atoms with E-state index in [9.17, 15) is 24.6 Å². The van der Waals surface area contributed by atoms with Crippen LogP contribution in [-0.4, -0.2) is 92.0 Å². The molecule has 10 nitrogen and oxygen atoms in total. The topological polar surface area (TPSA) is 135 Å². The monoisotopic (exact) mass is 504 g/mol. The quantitative estimate of drug-likeness (QED) is 0.269. The third-order valence-electron chi connectivity index (χ3n) is 6.61. The van der Waals surface area contributed by atoms with E-state index < -0.39 is 30.1 Å². The molecule has 2 aliphatic rings. The van der Waals surface area contributed by atoms with Crippen LogP contribution in [-0.2, 0) is 14.3 Å². The number of ether oxygens (including phenoxy) is 3. The fraction of sp³-hybridized carbons (Fsp3) is 0.577. The number of aldehydes is 1. The van der Waals surface area contributed by atoms with Gasteiger partial charge in [-0.05, 0) is 24.6 Å². The second-order valence-electron chi connectivity index (χ2n) is 8.98. The Morgan fingerprint density at radius 1 is 1.22 bits per heavy atom. The molecule has 4 atom stereocenters. The van der Waals surface area contributed by atoms with Gasteiger partial charge in [-0.25, -0.2) is 0 Å². The van der Waals surface area contributed by atoms with Gasteiger partial charge in [0.05, 0.1) is 25.7 Å². The summed E-state index contributed by atoms with van der Waals surface area (Å²) in [6, 6.07) is 2.31. The highest BCUT2D eigenvalue weighted by molar-refractivity contribution is 5.96. The van der Waals surface area contributed by atoms with E-state index >= 15 is 0 Å². The van der Waals surface area contributed by atoms with Gasteiger partial charge in [-0.3, -0.25) is 14.4 Å². The lowest BCUT2D eigenvalue weighted by molar-refractivity contribution is -0.141. The van der Waals surface area contributed by atoms with Crippen LogP contribution in [0.25, 0.3) is 0 Å². The van der Waals surface area contributed by atoms with E-state index in [0.717, 1.165) is 25.7 Å². The van der Waals surface area contributed by atoms with Gasteiger partial charge in [0, 0.05) is 36.9 Å². The smallest absolute Gasteiger partial charge is 0.249 e. The van der Waals surface area contributed by atoms with Crippen LogP contribution in [0, 0.1) is 0 Å². The van der Waals surface area contributed by atoms with Crippen molar-refractivity contribution in [3.8, 4) is 11.5 Å². The first kappa shape index (κ1) is 27.6. The molecule has 10 heteroatoms. The highest BCUT2D eigenvalue weighted by Crippen LogP contribution is 2.51. The van der Waals surface area contributed by atoms with Crippen molar-refractivity contribution in [1.29, 1.82) is 0 Å². The molecule has 0 bridgehead atoms. The van der Waals surface area contributed by atoms with Crippen LogP contribution < -0.4 is 14.8 Å². The number of rotatable bonds is 13. The molecule has 0 radical (unpaired) electrons. The van der Waals surface area contributed by atoms with Gasteiger partial charge in [0.1, 0.15) is 25.1 Å². The number of carbonyl (C=O) groups excluding carboxylic acids is 3. The maximum Gasteiger partial charge on any atom is 0.249 e.